The summed E-state index contributed by atoms with van der Waals surface area (Å²) >= 11 is 0. The van der Waals surface area contributed by atoms with Crippen LogP contribution < -0.4 is 5.56 Å². The van der Waals surface area contributed by atoms with Gasteiger partial charge in [0.05, 0.1) is 33.0 Å². The van der Waals surface area contributed by atoms with Crippen LogP contribution in [0.3, 0.4) is 0 Å². The van der Waals surface area contributed by atoms with Crippen LogP contribution in [0.15, 0.2) is 114 Å². The van der Waals surface area contributed by atoms with E-state index in [-0.39, 0.29) is 5.56 Å². The van der Waals surface area contributed by atoms with Gasteiger partial charge in [0, 0.05) is 21.5 Å². The monoisotopic (exact) mass is 434 g/mol. The second kappa shape index (κ2) is 6.24. The molecule has 0 radical (unpaired) electrons. The highest BCUT2D eigenvalue weighted by Gasteiger charge is 2.21. The zero-order valence-electron chi connectivity index (χ0n) is 18.2. The van der Waals surface area contributed by atoms with Gasteiger partial charge < -0.3 is 4.40 Å². The molecule has 8 aromatic rings. The third-order valence-corrected chi connectivity index (χ3v) is 7.25. The van der Waals surface area contributed by atoms with Crippen molar-refractivity contribution in [2.75, 3.05) is 0 Å². The molecule has 158 valence electrons. The molecule has 3 aromatic heterocycles. The molecule has 0 amide bonds. The maximum atomic E-state index is 14.3. The number of para-hydroxylation sites is 2. The van der Waals surface area contributed by atoms with Crippen molar-refractivity contribution >= 4 is 54.5 Å². The fraction of sp³-hybridized carbons (Fsp3) is 0. The Morgan fingerprint density at radius 1 is 0.412 bits per heavy atom. The minimum atomic E-state index is 0.0132. The van der Waals surface area contributed by atoms with Crippen molar-refractivity contribution in [1.29, 1.82) is 0 Å². The minimum absolute atomic E-state index is 0.0132. The summed E-state index contributed by atoms with van der Waals surface area (Å²) in [7, 11) is 0. The van der Waals surface area contributed by atoms with E-state index in [1.54, 1.807) is 0 Å². The largest absolute Gasteiger partial charge is 0.306 e. The highest BCUT2D eigenvalue weighted by Crippen LogP contribution is 2.39. The summed E-state index contributed by atoms with van der Waals surface area (Å²) in [5, 5.41) is 5.29. The van der Waals surface area contributed by atoms with Crippen molar-refractivity contribution in [3.05, 3.63) is 120 Å². The number of nitrogens with zero attached hydrogens (tertiary/aromatic N) is 2. The van der Waals surface area contributed by atoms with Crippen LogP contribution in [0.1, 0.15) is 0 Å². The number of aromatic nitrogens is 2. The van der Waals surface area contributed by atoms with Gasteiger partial charge in [-0.3, -0.25) is 9.20 Å². The third-order valence-electron chi connectivity index (χ3n) is 7.25. The first-order chi connectivity index (χ1) is 16.8. The lowest BCUT2D eigenvalue weighted by Crippen LogP contribution is -2.09. The summed E-state index contributed by atoms with van der Waals surface area (Å²) in [5.74, 6) is 0. The molecule has 0 unspecified atom stereocenters. The first kappa shape index (κ1) is 17.9. The Morgan fingerprint density at radius 3 is 1.68 bits per heavy atom. The molecule has 0 saturated carbocycles. The quantitative estimate of drug-likeness (QED) is 0.267. The molecule has 3 nitrogen and oxygen atoms in total. The van der Waals surface area contributed by atoms with Gasteiger partial charge in [0.2, 0.25) is 0 Å². The lowest BCUT2D eigenvalue weighted by molar-refractivity contribution is 1.22. The average molecular weight is 434 g/mol. The van der Waals surface area contributed by atoms with Gasteiger partial charge in [-0.25, -0.2) is 0 Å². The highest BCUT2D eigenvalue weighted by molar-refractivity contribution is 6.23. The molecule has 0 fully saturated rings. The average Bonchev–Trinajstić information content (AvgIpc) is 3.38. The third kappa shape index (κ3) is 2.09. The summed E-state index contributed by atoms with van der Waals surface area (Å²) in [5.41, 5.74) is 7.22. The van der Waals surface area contributed by atoms with Gasteiger partial charge in [0.1, 0.15) is 0 Å². The molecule has 0 aliphatic carbocycles. The first-order valence-corrected chi connectivity index (χ1v) is 11.5. The molecule has 34 heavy (non-hydrogen) atoms. The molecule has 0 saturated heterocycles. The number of benzene rings is 5. The summed E-state index contributed by atoms with van der Waals surface area (Å²) < 4.78 is 4.22. The molecule has 0 aliphatic rings. The second-order valence-corrected chi connectivity index (χ2v) is 8.97. The fourth-order valence-electron chi connectivity index (χ4n) is 5.79. The van der Waals surface area contributed by atoms with Gasteiger partial charge in [-0.15, -0.1) is 0 Å². The Balaban J connectivity index is 1.75. The Bertz CT molecular complexity index is 2130. The Labute approximate surface area is 194 Å². The summed E-state index contributed by atoms with van der Waals surface area (Å²) in [6, 6.07) is 37.6. The highest BCUT2D eigenvalue weighted by atomic mass is 16.1. The smallest absolute Gasteiger partial charge is 0.265 e. The molecule has 0 aliphatic heterocycles. The SMILES string of the molecule is O=c1c2cc(-c3ccccc3)ccc2n2c3ccccc3c3ccc4c5ccccc5n1c4c32. The number of hydrogen-bond donors (Lipinski definition) is 0. The van der Waals surface area contributed by atoms with E-state index in [2.05, 4.69) is 83.3 Å². The van der Waals surface area contributed by atoms with Crippen LogP contribution in [0.2, 0.25) is 0 Å². The number of hydrogen-bond acceptors (Lipinski definition) is 1. The standard InChI is InChI=1S/C31H18N2O/c34-31-25-18-20(19-8-2-1-3-9-19)14-17-28(25)32-26-12-6-4-10-21(26)23-15-16-24-22-11-5-7-13-27(22)33(31)30(24)29(23)32/h1-18H. The van der Waals surface area contributed by atoms with Crippen molar-refractivity contribution in [1.82, 2.24) is 8.80 Å². The molecule has 0 N–H and O–H groups in total. The number of fused-ring (bicyclic) bond motifs is 8. The topological polar surface area (TPSA) is 25.9 Å². The Kier molecular flexibility index (Phi) is 3.28. The normalized spacial score (nSPS) is 12.2. The fourth-order valence-corrected chi connectivity index (χ4v) is 5.79. The van der Waals surface area contributed by atoms with Crippen molar-refractivity contribution in [2.45, 2.75) is 0 Å². The predicted molar refractivity (Wildman–Crippen MR) is 141 cm³/mol. The Morgan fingerprint density at radius 2 is 0.971 bits per heavy atom. The van der Waals surface area contributed by atoms with Crippen LogP contribution in [-0.4, -0.2) is 8.80 Å². The van der Waals surface area contributed by atoms with Gasteiger partial charge in [-0.2, -0.15) is 0 Å². The molecule has 5 aromatic carbocycles. The van der Waals surface area contributed by atoms with E-state index in [0.717, 1.165) is 49.5 Å². The van der Waals surface area contributed by atoms with Crippen molar-refractivity contribution in [2.24, 2.45) is 0 Å². The van der Waals surface area contributed by atoms with Crippen molar-refractivity contribution in [3.8, 4) is 11.1 Å². The van der Waals surface area contributed by atoms with E-state index < -0.39 is 0 Å². The molecular formula is C31H18N2O. The van der Waals surface area contributed by atoms with Crippen LogP contribution in [0.4, 0.5) is 0 Å². The van der Waals surface area contributed by atoms with Gasteiger partial charge in [0.25, 0.3) is 5.56 Å². The molecule has 8 rings (SSSR count). The van der Waals surface area contributed by atoms with Gasteiger partial charge in [0.15, 0.2) is 0 Å². The zero-order chi connectivity index (χ0) is 22.4. The summed E-state index contributed by atoms with van der Waals surface area (Å²) in [6.45, 7) is 0. The second-order valence-electron chi connectivity index (χ2n) is 8.97. The van der Waals surface area contributed by atoms with E-state index in [0.29, 0.717) is 5.39 Å². The minimum Gasteiger partial charge on any atom is -0.306 e. The Hall–Kier alpha value is -4.63. The van der Waals surface area contributed by atoms with Crippen LogP contribution in [-0.2, 0) is 0 Å². The van der Waals surface area contributed by atoms with Crippen LogP contribution in [0, 0.1) is 0 Å². The van der Waals surface area contributed by atoms with E-state index in [4.69, 9.17) is 0 Å². The molecule has 0 atom stereocenters. The van der Waals surface area contributed by atoms with E-state index in [9.17, 15) is 4.79 Å². The lowest BCUT2D eigenvalue weighted by Gasteiger charge is -2.04. The van der Waals surface area contributed by atoms with E-state index >= 15 is 0 Å². The van der Waals surface area contributed by atoms with Crippen molar-refractivity contribution in [3.63, 3.8) is 0 Å². The lowest BCUT2D eigenvalue weighted by atomic mass is 10.0. The van der Waals surface area contributed by atoms with Gasteiger partial charge >= 0.3 is 0 Å². The first-order valence-electron chi connectivity index (χ1n) is 11.5. The van der Waals surface area contributed by atoms with Crippen LogP contribution >= 0.6 is 0 Å². The van der Waals surface area contributed by atoms with Gasteiger partial charge in [-0.05, 0) is 35.4 Å². The maximum Gasteiger partial charge on any atom is 0.265 e. The van der Waals surface area contributed by atoms with Crippen LogP contribution in [0.5, 0.6) is 0 Å². The van der Waals surface area contributed by atoms with Crippen LogP contribution in [0.25, 0.3) is 65.6 Å². The number of rotatable bonds is 1. The molecule has 0 spiro atoms. The maximum absolute atomic E-state index is 14.3. The molecule has 3 heterocycles. The van der Waals surface area contributed by atoms with E-state index in [1.807, 2.05) is 34.7 Å². The van der Waals surface area contributed by atoms with E-state index in [1.165, 1.54) is 10.8 Å². The molecule has 0 bridgehead atoms. The predicted octanol–water partition coefficient (Wildman–Crippen LogP) is 7.27. The van der Waals surface area contributed by atoms with Gasteiger partial charge in [-0.1, -0.05) is 84.9 Å². The summed E-state index contributed by atoms with van der Waals surface area (Å²) in [6.07, 6.45) is 0. The van der Waals surface area contributed by atoms with Crippen molar-refractivity contribution < 1.29 is 0 Å². The molecule has 3 heteroatoms. The summed E-state index contributed by atoms with van der Waals surface area (Å²) in [4.78, 5) is 14.3. The molecular weight excluding hydrogens is 416 g/mol. The zero-order valence-corrected chi connectivity index (χ0v) is 18.2.